The van der Waals surface area contributed by atoms with Gasteiger partial charge >= 0.3 is 0 Å². The summed E-state index contributed by atoms with van der Waals surface area (Å²) in [5, 5.41) is 4.06. The monoisotopic (exact) mass is 497 g/mol. The molecule has 4 heterocycles. The Balaban J connectivity index is 1.53. The first-order chi connectivity index (χ1) is 16.4. The number of nitrogens with one attached hydrogen (secondary N) is 2. The zero-order chi connectivity index (χ0) is 23.7. The number of aromatic nitrogens is 2. The van der Waals surface area contributed by atoms with Crippen LogP contribution in [0.15, 0.2) is 67.0 Å². The molecule has 2 fully saturated rings. The third-order valence-corrected chi connectivity index (χ3v) is 7.06. The van der Waals surface area contributed by atoms with Crippen LogP contribution in [0.25, 0.3) is 0 Å². The lowest BCUT2D eigenvalue weighted by atomic mass is 10.0. The van der Waals surface area contributed by atoms with Gasteiger partial charge in [-0.05, 0) is 73.6 Å². The van der Waals surface area contributed by atoms with Gasteiger partial charge in [-0.25, -0.2) is 8.42 Å². The van der Waals surface area contributed by atoms with Gasteiger partial charge in [-0.15, -0.1) is 0 Å². The van der Waals surface area contributed by atoms with Gasteiger partial charge in [-0.2, -0.15) is 0 Å². The highest BCUT2D eigenvalue weighted by Crippen LogP contribution is 2.42. The zero-order valence-electron chi connectivity index (χ0n) is 18.8. The Morgan fingerprint density at radius 2 is 2.00 bits per heavy atom. The second-order valence-electron chi connectivity index (χ2n) is 8.64. The molecule has 2 aromatic heterocycles. The van der Waals surface area contributed by atoms with Crippen LogP contribution < -0.4 is 14.9 Å². The third-order valence-electron chi connectivity index (χ3n) is 6.14. The Morgan fingerprint density at radius 3 is 2.68 bits per heavy atom. The van der Waals surface area contributed by atoms with Crippen LogP contribution in [0.5, 0.6) is 0 Å². The molecule has 0 aliphatic carbocycles. The first kappa shape index (κ1) is 22.8. The lowest BCUT2D eigenvalue weighted by Gasteiger charge is -2.29. The number of sulfonamides is 1. The van der Waals surface area contributed by atoms with Crippen LogP contribution >= 0.6 is 12.2 Å². The minimum atomic E-state index is -3.35. The summed E-state index contributed by atoms with van der Waals surface area (Å²) in [5.41, 5.74) is 3.38. The molecule has 2 N–H and O–H groups in total. The van der Waals surface area contributed by atoms with Crippen molar-refractivity contribution in [2.24, 2.45) is 0 Å². The van der Waals surface area contributed by atoms with Crippen LogP contribution in [-0.4, -0.2) is 42.0 Å². The molecule has 0 radical (unpaired) electrons. The first-order valence-corrected chi connectivity index (χ1v) is 13.5. The van der Waals surface area contributed by atoms with Crippen molar-refractivity contribution in [1.29, 1.82) is 0 Å². The molecule has 0 spiro atoms. The summed E-state index contributed by atoms with van der Waals surface area (Å²) in [6.07, 6.45) is 7.36. The standard InChI is InChI=1S/C24H27N5O3S2/c1-34(30,31)27-17-9-11-18(12-10-17)29-23(22(26-24(29)33)20-7-2-3-13-25-20)21-8-4-14-28(21)16-19-6-5-15-32-19/h2-4,7-14,19,22-23,27H,5-6,15-16H2,1H3,(H,26,33)/t19-,22-,23+/m0/s1. The van der Waals surface area contributed by atoms with Crippen molar-refractivity contribution in [3.05, 3.63) is 78.4 Å². The Hall–Kier alpha value is -2.95. The summed E-state index contributed by atoms with van der Waals surface area (Å²) >= 11 is 5.80. The summed E-state index contributed by atoms with van der Waals surface area (Å²) in [4.78, 5) is 6.69. The van der Waals surface area contributed by atoms with E-state index < -0.39 is 10.0 Å². The molecule has 0 unspecified atom stereocenters. The van der Waals surface area contributed by atoms with E-state index in [2.05, 4.69) is 42.8 Å². The van der Waals surface area contributed by atoms with Crippen molar-refractivity contribution in [2.45, 2.75) is 37.6 Å². The summed E-state index contributed by atoms with van der Waals surface area (Å²) in [6, 6.07) is 17.0. The maximum Gasteiger partial charge on any atom is 0.229 e. The smallest absolute Gasteiger partial charge is 0.229 e. The van der Waals surface area contributed by atoms with Crippen LogP contribution in [0.1, 0.15) is 36.3 Å². The third kappa shape index (κ3) is 4.79. The summed E-state index contributed by atoms with van der Waals surface area (Å²) in [5.74, 6) is 0. The molecule has 178 valence electrons. The summed E-state index contributed by atoms with van der Waals surface area (Å²) in [7, 11) is -3.35. The highest BCUT2D eigenvalue weighted by atomic mass is 32.2. The Morgan fingerprint density at radius 1 is 1.18 bits per heavy atom. The van der Waals surface area contributed by atoms with Gasteiger partial charge in [0.25, 0.3) is 0 Å². The number of thiocarbonyl (C=S) groups is 1. The highest BCUT2D eigenvalue weighted by molar-refractivity contribution is 7.92. The van der Waals surface area contributed by atoms with Crippen molar-refractivity contribution in [1.82, 2.24) is 14.9 Å². The van der Waals surface area contributed by atoms with Crippen LogP contribution in [0.4, 0.5) is 11.4 Å². The fourth-order valence-corrected chi connectivity index (χ4v) is 5.62. The van der Waals surface area contributed by atoms with Crippen molar-refractivity contribution >= 4 is 38.7 Å². The van der Waals surface area contributed by atoms with Crippen molar-refractivity contribution < 1.29 is 13.2 Å². The lowest BCUT2D eigenvalue weighted by Crippen LogP contribution is -2.31. The van der Waals surface area contributed by atoms with Gasteiger partial charge in [0.05, 0.1) is 24.1 Å². The predicted molar refractivity (Wildman–Crippen MR) is 136 cm³/mol. The molecule has 8 nitrogen and oxygen atoms in total. The van der Waals surface area contributed by atoms with E-state index in [1.165, 1.54) is 0 Å². The average molecular weight is 498 g/mol. The minimum Gasteiger partial charge on any atom is -0.376 e. The van der Waals surface area contributed by atoms with Crippen LogP contribution in [-0.2, 0) is 21.3 Å². The number of rotatable bonds is 7. The van der Waals surface area contributed by atoms with Gasteiger partial charge in [-0.3, -0.25) is 9.71 Å². The van der Waals surface area contributed by atoms with E-state index in [0.29, 0.717) is 10.8 Å². The van der Waals surface area contributed by atoms with E-state index >= 15 is 0 Å². The molecular weight excluding hydrogens is 470 g/mol. The van der Waals surface area contributed by atoms with Crippen LogP contribution in [0, 0.1) is 0 Å². The zero-order valence-corrected chi connectivity index (χ0v) is 20.4. The first-order valence-electron chi connectivity index (χ1n) is 11.2. The topological polar surface area (TPSA) is 88.5 Å². The van der Waals surface area contributed by atoms with Crippen molar-refractivity contribution in [3.63, 3.8) is 0 Å². The number of nitrogens with zero attached hydrogens (tertiary/aromatic N) is 3. The van der Waals surface area contributed by atoms with Gasteiger partial charge in [0.2, 0.25) is 10.0 Å². The van der Waals surface area contributed by atoms with Crippen LogP contribution in [0.3, 0.4) is 0 Å². The van der Waals surface area contributed by atoms with Gasteiger partial charge in [0, 0.05) is 42.6 Å². The molecule has 0 amide bonds. The number of hydrogen-bond acceptors (Lipinski definition) is 5. The van der Waals surface area contributed by atoms with Gasteiger partial charge in [0.15, 0.2) is 5.11 Å². The van der Waals surface area contributed by atoms with Gasteiger partial charge in [0.1, 0.15) is 6.04 Å². The molecule has 1 aromatic carbocycles. The average Bonchev–Trinajstić information content (AvgIpc) is 3.55. The van der Waals surface area contributed by atoms with Gasteiger partial charge < -0.3 is 19.5 Å². The number of hydrogen-bond donors (Lipinski definition) is 2. The normalized spacial score (nSPS) is 22.7. The molecule has 2 aliphatic rings. The molecular formula is C24H27N5O3S2. The fraction of sp³-hybridized carbons (Fsp3) is 0.333. The van der Waals surface area contributed by atoms with Gasteiger partial charge in [-0.1, -0.05) is 6.07 Å². The largest absolute Gasteiger partial charge is 0.376 e. The van der Waals surface area contributed by atoms with E-state index in [-0.39, 0.29) is 18.2 Å². The van der Waals surface area contributed by atoms with E-state index in [1.54, 1.807) is 18.3 Å². The van der Waals surface area contributed by atoms with Crippen molar-refractivity contribution in [3.8, 4) is 0 Å². The molecule has 0 saturated carbocycles. The SMILES string of the molecule is CS(=O)(=O)Nc1ccc(N2C(=S)N[C@@H](c3ccccn3)[C@H]2c2cccn2C[C@@H]2CCCO2)cc1. The second kappa shape index (κ2) is 9.36. The molecule has 3 aromatic rings. The van der Waals surface area contributed by atoms with Crippen molar-refractivity contribution in [2.75, 3.05) is 22.5 Å². The lowest BCUT2D eigenvalue weighted by molar-refractivity contribution is 0.0961. The van der Waals surface area contributed by atoms with E-state index in [0.717, 1.165) is 49.3 Å². The molecule has 5 rings (SSSR count). The van der Waals surface area contributed by atoms with E-state index in [9.17, 15) is 8.42 Å². The Bertz CT molecular complexity index is 1260. The summed E-state index contributed by atoms with van der Waals surface area (Å²) in [6.45, 7) is 1.60. The van der Waals surface area contributed by atoms with Crippen LogP contribution in [0.2, 0.25) is 0 Å². The molecule has 34 heavy (non-hydrogen) atoms. The highest BCUT2D eigenvalue weighted by Gasteiger charge is 2.42. The number of benzene rings is 1. The molecule has 2 saturated heterocycles. The number of pyridine rings is 1. The predicted octanol–water partition coefficient (Wildman–Crippen LogP) is 3.61. The molecule has 10 heteroatoms. The molecule has 0 bridgehead atoms. The molecule has 2 aliphatic heterocycles. The fourth-order valence-electron chi connectivity index (χ4n) is 4.71. The maximum atomic E-state index is 11.6. The molecule has 3 atom stereocenters. The maximum absolute atomic E-state index is 11.6. The Labute approximate surface area is 205 Å². The quantitative estimate of drug-likeness (QED) is 0.482. The number of ether oxygens (including phenoxy) is 1. The minimum absolute atomic E-state index is 0.146. The van der Waals surface area contributed by atoms with E-state index in [1.807, 2.05) is 30.3 Å². The second-order valence-corrected chi connectivity index (χ2v) is 10.8. The summed E-state index contributed by atoms with van der Waals surface area (Å²) < 4.78 is 33.9. The van der Waals surface area contributed by atoms with E-state index in [4.69, 9.17) is 17.0 Å². The number of anilines is 2. The Kier molecular flexibility index (Phi) is 6.28.